The second-order valence-electron chi connectivity index (χ2n) is 7.90. The Balaban J connectivity index is 0.00000312. The minimum Gasteiger partial charge on any atom is -0.337 e. The largest absolute Gasteiger partial charge is 0.337 e. The van der Waals surface area contributed by atoms with E-state index in [4.69, 9.17) is 5.73 Å². The third kappa shape index (κ3) is 6.28. The van der Waals surface area contributed by atoms with E-state index >= 15 is 0 Å². The lowest BCUT2D eigenvalue weighted by Gasteiger charge is -2.42. The first-order valence-corrected chi connectivity index (χ1v) is 9.13. The number of benzene rings is 1. The molecule has 1 unspecified atom stereocenters. The first-order valence-electron chi connectivity index (χ1n) is 9.13. The quantitative estimate of drug-likeness (QED) is 0.839. The SMILES string of the molecule is CCCN(Cc1ccc(C)cc1)C(=O)CN1CCC(N)C(C)(C)C1.Cl. The van der Waals surface area contributed by atoms with Gasteiger partial charge in [0.2, 0.25) is 5.91 Å². The van der Waals surface area contributed by atoms with Gasteiger partial charge in [-0.2, -0.15) is 0 Å². The number of carbonyl (C=O) groups is 1. The molecule has 4 nitrogen and oxygen atoms in total. The van der Waals surface area contributed by atoms with Crippen molar-refractivity contribution in [2.75, 3.05) is 26.2 Å². The number of carbonyl (C=O) groups excluding carboxylic acids is 1. The van der Waals surface area contributed by atoms with Crippen LogP contribution in [0.2, 0.25) is 0 Å². The van der Waals surface area contributed by atoms with E-state index in [1.165, 1.54) is 11.1 Å². The van der Waals surface area contributed by atoms with Gasteiger partial charge in [0.05, 0.1) is 6.54 Å². The Kier molecular flexibility index (Phi) is 8.39. The van der Waals surface area contributed by atoms with Gasteiger partial charge >= 0.3 is 0 Å². The van der Waals surface area contributed by atoms with E-state index in [-0.39, 0.29) is 29.8 Å². The van der Waals surface area contributed by atoms with Crippen LogP contribution in [0.3, 0.4) is 0 Å². The Morgan fingerprint density at radius 1 is 1.32 bits per heavy atom. The van der Waals surface area contributed by atoms with Crippen LogP contribution in [0.25, 0.3) is 0 Å². The summed E-state index contributed by atoms with van der Waals surface area (Å²) in [6.45, 7) is 12.4. The van der Waals surface area contributed by atoms with Gasteiger partial charge in [-0.25, -0.2) is 0 Å². The zero-order chi connectivity index (χ0) is 17.7. The van der Waals surface area contributed by atoms with Crippen molar-refractivity contribution in [3.8, 4) is 0 Å². The number of nitrogens with zero attached hydrogens (tertiary/aromatic N) is 2. The molecule has 0 aromatic heterocycles. The van der Waals surface area contributed by atoms with Crippen LogP contribution in [0.5, 0.6) is 0 Å². The van der Waals surface area contributed by atoms with Crippen LogP contribution < -0.4 is 5.73 Å². The Hall–Kier alpha value is -1.10. The number of rotatable bonds is 6. The van der Waals surface area contributed by atoms with Gasteiger partial charge in [-0.3, -0.25) is 9.69 Å². The van der Waals surface area contributed by atoms with Crippen molar-refractivity contribution in [3.63, 3.8) is 0 Å². The van der Waals surface area contributed by atoms with Crippen LogP contribution >= 0.6 is 12.4 Å². The van der Waals surface area contributed by atoms with Gasteiger partial charge in [0, 0.05) is 32.2 Å². The van der Waals surface area contributed by atoms with Crippen LogP contribution in [-0.4, -0.2) is 47.9 Å². The summed E-state index contributed by atoms with van der Waals surface area (Å²) >= 11 is 0. The van der Waals surface area contributed by atoms with E-state index in [2.05, 4.69) is 56.9 Å². The summed E-state index contributed by atoms with van der Waals surface area (Å²) in [7, 11) is 0. The number of amides is 1. The maximum atomic E-state index is 12.8. The standard InChI is InChI=1S/C20H33N3O.ClH/c1-5-11-23(13-17-8-6-16(2)7-9-17)19(24)14-22-12-10-18(21)20(3,4)15-22;/h6-9,18H,5,10-15,21H2,1-4H3;1H. The number of hydrogen-bond donors (Lipinski definition) is 1. The lowest BCUT2D eigenvalue weighted by Crippen LogP contribution is -2.54. The van der Waals surface area contributed by atoms with Crippen molar-refractivity contribution in [1.82, 2.24) is 9.80 Å². The molecule has 5 heteroatoms. The highest BCUT2D eigenvalue weighted by Gasteiger charge is 2.34. The Morgan fingerprint density at radius 3 is 2.52 bits per heavy atom. The summed E-state index contributed by atoms with van der Waals surface area (Å²) in [6.07, 6.45) is 1.94. The molecule has 0 spiro atoms. The third-order valence-electron chi connectivity index (χ3n) is 5.09. The average Bonchev–Trinajstić information content (AvgIpc) is 2.52. The van der Waals surface area contributed by atoms with E-state index in [1.54, 1.807) is 0 Å². The lowest BCUT2D eigenvalue weighted by molar-refractivity contribution is -0.134. The Morgan fingerprint density at radius 2 is 1.96 bits per heavy atom. The maximum absolute atomic E-state index is 12.8. The van der Waals surface area contributed by atoms with Crippen molar-refractivity contribution in [2.24, 2.45) is 11.1 Å². The summed E-state index contributed by atoms with van der Waals surface area (Å²) in [5.41, 5.74) is 8.73. The molecule has 1 aromatic rings. The van der Waals surface area contributed by atoms with Crippen LogP contribution in [0, 0.1) is 12.3 Å². The molecule has 0 bridgehead atoms. The lowest BCUT2D eigenvalue weighted by atomic mass is 9.80. The van der Waals surface area contributed by atoms with E-state index in [1.807, 2.05) is 4.90 Å². The second kappa shape index (κ2) is 9.56. The zero-order valence-electron chi connectivity index (χ0n) is 16.1. The fraction of sp³-hybridized carbons (Fsp3) is 0.650. The van der Waals surface area contributed by atoms with Gasteiger partial charge in [-0.1, -0.05) is 50.6 Å². The van der Waals surface area contributed by atoms with Crippen LogP contribution in [0.1, 0.15) is 44.7 Å². The van der Waals surface area contributed by atoms with Crippen LogP contribution in [-0.2, 0) is 11.3 Å². The summed E-state index contributed by atoms with van der Waals surface area (Å²) < 4.78 is 0. The van der Waals surface area contributed by atoms with Gasteiger partial charge in [-0.15, -0.1) is 12.4 Å². The molecule has 1 atom stereocenters. The van der Waals surface area contributed by atoms with Gasteiger partial charge in [0.25, 0.3) is 0 Å². The number of halogens is 1. The molecular weight excluding hydrogens is 334 g/mol. The Labute approximate surface area is 159 Å². The molecule has 0 saturated carbocycles. The zero-order valence-corrected chi connectivity index (χ0v) is 16.9. The molecule has 1 saturated heterocycles. The third-order valence-corrected chi connectivity index (χ3v) is 5.09. The van der Waals surface area contributed by atoms with Gasteiger partial charge < -0.3 is 10.6 Å². The first kappa shape index (κ1) is 21.9. The van der Waals surface area contributed by atoms with Gasteiger partial charge in [0.1, 0.15) is 0 Å². The summed E-state index contributed by atoms with van der Waals surface area (Å²) in [5, 5.41) is 0. The molecule has 0 radical (unpaired) electrons. The van der Waals surface area contributed by atoms with Crippen molar-refractivity contribution in [1.29, 1.82) is 0 Å². The monoisotopic (exact) mass is 367 g/mol. The molecule has 2 N–H and O–H groups in total. The van der Waals surface area contributed by atoms with Crippen molar-refractivity contribution < 1.29 is 4.79 Å². The fourth-order valence-corrected chi connectivity index (χ4v) is 3.39. The first-order chi connectivity index (χ1) is 11.3. The topological polar surface area (TPSA) is 49.6 Å². The van der Waals surface area contributed by atoms with Crippen molar-refractivity contribution in [3.05, 3.63) is 35.4 Å². The van der Waals surface area contributed by atoms with Crippen molar-refractivity contribution in [2.45, 2.75) is 53.1 Å². The molecule has 142 valence electrons. The number of aryl methyl sites for hydroxylation is 1. The van der Waals surface area contributed by atoms with Gasteiger partial charge in [-0.05, 0) is 30.7 Å². The molecule has 1 aliphatic heterocycles. The number of hydrogen-bond acceptors (Lipinski definition) is 3. The highest BCUT2D eigenvalue weighted by atomic mass is 35.5. The van der Waals surface area contributed by atoms with Crippen LogP contribution in [0.4, 0.5) is 0 Å². The number of piperidine rings is 1. The summed E-state index contributed by atoms with van der Waals surface area (Å²) in [5.74, 6) is 0.226. The average molecular weight is 368 g/mol. The molecule has 0 aliphatic carbocycles. The van der Waals surface area contributed by atoms with E-state index in [0.717, 1.165) is 32.5 Å². The summed E-state index contributed by atoms with van der Waals surface area (Å²) in [4.78, 5) is 17.1. The molecule has 25 heavy (non-hydrogen) atoms. The fourth-order valence-electron chi connectivity index (χ4n) is 3.39. The predicted molar refractivity (Wildman–Crippen MR) is 107 cm³/mol. The molecule has 1 amide bonds. The molecule has 1 aliphatic rings. The second-order valence-corrected chi connectivity index (χ2v) is 7.90. The van der Waals surface area contributed by atoms with Crippen LogP contribution in [0.15, 0.2) is 24.3 Å². The summed E-state index contributed by atoms with van der Waals surface area (Å²) in [6, 6.07) is 8.68. The highest BCUT2D eigenvalue weighted by Crippen LogP contribution is 2.27. The number of likely N-dealkylation sites (tertiary alicyclic amines) is 1. The van der Waals surface area contributed by atoms with E-state index in [0.29, 0.717) is 13.1 Å². The van der Waals surface area contributed by atoms with Gasteiger partial charge in [0.15, 0.2) is 0 Å². The molecular formula is C20H34ClN3O. The Bertz CT molecular complexity index is 544. The van der Waals surface area contributed by atoms with E-state index < -0.39 is 0 Å². The predicted octanol–water partition coefficient (Wildman–Crippen LogP) is 3.21. The molecule has 1 fully saturated rings. The highest BCUT2D eigenvalue weighted by molar-refractivity contribution is 5.85. The number of nitrogens with two attached hydrogens (primary N) is 1. The maximum Gasteiger partial charge on any atom is 0.237 e. The minimum atomic E-state index is 0. The molecule has 1 aromatic carbocycles. The smallest absolute Gasteiger partial charge is 0.237 e. The van der Waals surface area contributed by atoms with Crippen molar-refractivity contribution >= 4 is 18.3 Å². The molecule has 1 heterocycles. The minimum absolute atomic E-state index is 0. The van der Waals surface area contributed by atoms with E-state index in [9.17, 15) is 4.79 Å². The normalized spacial score (nSPS) is 20.0. The molecule has 2 rings (SSSR count).